The standard InChI is InChI=1S/C13H13ClO3/c1-9(2)17-13(16)8-7-12(15)10-3-5-11(14)6-4-10/h3-9H,1-2H3/b8-7+. The largest absolute Gasteiger partial charge is 0.460 e. The second-order valence-corrected chi connectivity index (χ2v) is 4.13. The van der Waals surface area contributed by atoms with E-state index in [9.17, 15) is 9.59 Å². The normalized spacial score (nSPS) is 10.8. The molecule has 0 aromatic heterocycles. The number of carbonyl (C=O) groups excluding carboxylic acids is 2. The number of halogens is 1. The zero-order valence-corrected chi connectivity index (χ0v) is 10.4. The molecule has 0 unspecified atom stereocenters. The molecule has 0 bridgehead atoms. The van der Waals surface area contributed by atoms with Crippen molar-refractivity contribution >= 4 is 23.4 Å². The number of ether oxygens (including phenoxy) is 1. The number of ketones is 1. The lowest BCUT2D eigenvalue weighted by Gasteiger charge is -2.03. The molecule has 1 aromatic carbocycles. The lowest BCUT2D eigenvalue weighted by atomic mass is 10.1. The van der Waals surface area contributed by atoms with Crippen molar-refractivity contribution in [1.29, 1.82) is 0 Å². The summed E-state index contributed by atoms with van der Waals surface area (Å²) in [6.07, 6.45) is 2.11. The Bertz CT molecular complexity index is 432. The van der Waals surface area contributed by atoms with Crippen LogP contribution in [-0.2, 0) is 9.53 Å². The van der Waals surface area contributed by atoms with Gasteiger partial charge in [-0.25, -0.2) is 4.79 Å². The quantitative estimate of drug-likeness (QED) is 0.470. The van der Waals surface area contributed by atoms with Gasteiger partial charge in [-0.05, 0) is 44.2 Å². The van der Waals surface area contributed by atoms with Crippen LogP contribution >= 0.6 is 11.6 Å². The van der Waals surface area contributed by atoms with Gasteiger partial charge in [-0.2, -0.15) is 0 Å². The molecule has 4 heteroatoms. The van der Waals surface area contributed by atoms with Gasteiger partial charge in [-0.15, -0.1) is 0 Å². The van der Waals surface area contributed by atoms with Gasteiger partial charge in [-0.3, -0.25) is 4.79 Å². The van der Waals surface area contributed by atoms with E-state index in [-0.39, 0.29) is 11.9 Å². The highest BCUT2D eigenvalue weighted by atomic mass is 35.5. The molecule has 0 aliphatic heterocycles. The Morgan fingerprint density at radius 3 is 2.29 bits per heavy atom. The summed E-state index contributed by atoms with van der Waals surface area (Å²) in [7, 11) is 0. The Morgan fingerprint density at radius 1 is 1.18 bits per heavy atom. The number of esters is 1. The first kappa shape index (κ1) is 13.5. The third-order valence-electron chi connectivity index (χ3n) is 1.85. The summed E-state index contributed by atoms with van der Waals surface area (Å²) in [5.41, 5.74) is 0.475. The van der Waals surface area contributed by atoms with Gasteiger partial charge in [0.2, 0.25) is 0 Å². The summed E-state index contributed by atoms with van der Waals surface area (Å²) in [5.74, 6) is -0.787. The molecule has 0 aliphatic carbocycles. The van der Waals surface area contributed by atoms with Gasteiger partial charge in [0, 0.05) is 16.7 Å². The Hall–Kier alpha value is -1.61. The van der Waals surface area contributed by atoms with Crippen LogP contribution in [0, 0.1) is 0 Å². The third-order valence-corrected chi connectivity index (χ3v) is 2.10. The molecule has 0 spiro atoms. The van der Waals surface area contributed by atoms with Crippen LogP contribution in [-0.4, -0.2) is 17.9 Å². The summed E-state index contributed by atoms with van der Waals surface area (Å²) in [6, 6.07) is 6.44. The number of allylic oxidation sites excluding steroid dienone is 1. The summed E-state index contributed by atoms with van der Waals surface area (Å²) < 4.78 is 4.86. The Balaban J connectivity index is 2.63. The Labute approximate surface area is 105 Å². The molecule has 0 fully saturated rings. The maximum Gasteiger partial charge on any atom is 0.331 e. The first-order chi connectivity index (χ1) is 7.99. The first-order valence-electron chi connectivity index (χ1n) is 5.17. The lowest BCUT2D eigenvalue weighted by Crippen LogP contribution is -2.09. The molecule has 1 rings (SSSR count). The maximum atomic E-state index is 11.6. The van der Waals surface area contributed by atoms with E-state index in [0.717, 1.165) is 6.08 Å². The van der Waals surface area contributed by atoms with E-state index in [0.29, 0.717) is 10.6 Å². The van der Waals surface area contributed by atoms with E-state index in [2.05, 4.69) is 0 Å². The molecule has 0 saturated heterocycles. The minimum atomic E-state index is -0.526. The molecule has 90 valence electrons. The average molecular weight is 253 g/mol. The highest BCUT2D eigenvalue weighted by molar-refractivity contribution is 6.30. The summed E-state index contributed by atoms with van der Waals surface area (Å²) in [5, 5.41) is 0.560. The molecule has 17 heavy (non-hydrogen) atoms. The van der Waals surface area contributed by atoms with Crippen LogP contribution < -0.4 is 0 Å². The molecular weight excluding hydrogens is 240 g/mol. The van der Waals surface area contributed by atoms with Gasteiger partial charge in [0.25, 0.3) is 0 Å². The van der Waals surface area contributed by atoms with Crippen molar-refractivity contribution in [2.75, 3.05) is 0 Å². The van der Waals surface area contributed by atoms with Gasteiger partial charge >= 0.3 is 5.97 Å². The summed E-state index contributed by atoms with van der Waals surface area (Å²) in [4.78, 5) is 22.8. The van der Waals surface area contributed by atoms with E-state index in [1.807, 2.05) is 0 Å². The van der Waals surface area contributed by atoms with Crippen molar-refractivity contribution in [3.8, 4) is 0 Å². The zero-order valence-electron chi connectivity index (χ0n) is 9.64. The van der Waals surface area contributed by atoms with Gasteiger partial charge < -0.3 is 4.74 Å². The molecule has 0 amide bonds. The van der Waals surface area contributed by atoms with Gasteiger partial charge in [0.15, 0.2) is 5.78 Å². The van der Waals surface area contributed by atoms with Crippen molar-refractivity contribution in [2.45, 2.75) is 20.0 Å². The fourth-order valence-corrected chi connectivity index (χ4v) is 1.25. The Morgan fingerprint density at radius 2 is 1.76 bits per heavy atom. The van der Waals surface area contributed by atoms with E-state index in [1.165, 1.54) is 6.08 Å². The average Bonchev–Trinajstić information content (AvgIpc) is 2.26. The number of hydrogen-bond donors (Lipinski definition) is 0. The van der Waals surface area contributed by atoms with Crippen LogP contribution in [0.1, 0.15) is 24.2 Å². The van der Waals surface area contributed by atoms with Crippen molar-refractivity contribution in [1.82, 2.24) is 0 Å². The van der Waals surface area contributed by atoms with Gasteiger partial charge in [-0.1, -0.05) is 11.6 Å². The minimum Gasteiger partial charge on any atom is -0.460 e. The van der Waals surface area contributed by atoms with E-state index in [4.69, 9.17) is 16.3 Å². The summed E-state index contributed by atoms with van der Waals surface area (Å²) >= 11 is 5.70. The summed E-state index contributed by atoms with van der Waals surface area (Å²) in [6.45, 7) is 3.49. The van der Waals surface area contributed by atoms with Crippen molar-refractivity contribution in [3.63, 3.8) is 0 Å². The smallest absolute Gasteiger partial charge is 0.331 e. The van der Waals surface area contributed by atoms with Crippen molar-refractivity contribution in [3.05, 3.63) is 47.0 Å². The van der Waals surface area contributed by atoms with E-state index in [1.54, 1.807) is 38.1 Å². The van der Waals surface area contributed by atoms with E-state index < -0.39 is 5.97 Å². The third kappa shape index (κ3) is 4.83. The number of carbonyl (C=O) groups is 2. The highest BCUT2D eigenvalue weighted by Crippen LogP contribution is 2.10. The molecular formula is C13H13ClO3. The van der Waals surface area contributed by atoms with Crippen LogP contribution in [0.2, 0.25) is 5.02 Å². The Kier molecular flexibility index (Phi) is 4.91. The molecule has 0 radical (unpaired) electrons. The molecule has 0 saturated carbocycles. The molecule has 0 aliphatic rings. The second-order valence-electron chi connectivity index (χ2n) is 3.69. The van der Waals surface area contributed by atoms with Crippen LogP contribution in [0.4, 0.5) is 0 Å². The lowest BCUT2D eigenvalue weighted by molar-refractivity contribution is -0.141. The molecule has 0 atom stereocenters. The number of hydrogen-bond acceptors (Lipinski definition) is 3. The van der Waals surface area contributed by atoms with Crippen LogP contribution in [0.3, 0.4) is 0 Å². The monoisotopic (exact) mass is 252 g/mol. The first-order valence-corrected chi connectivity index (χ1v) is 5.55. The second kappa shape index (κ2) is 6.21. The van der Waals surface area contributed by atoms with Crippen LogP contribution in [0.15, 0.2) is 36.4 Å². The number of rotatable bonds is 4. The van der Waals surface area contributed by atoms with Gasteiger partial charge in [0.05, 0.1) is 6.10 Å². The van der Waals surface area contributed by atoms with Crippen molar-refractivity contribution in [2.24, 2.45) is 0 Å². The molecule has 0 N–H and O–H groups in total. The maximum absolute atomic E-state index is 11.6. The fourth-order valence-electron chi connectivity index (χ4n) is 1.13. The van der Waals surface area contributed by atoms with Crippen LogP contribution in [0.5, 0.6) is 0 Å². The SMILES string of the molecule is CC(C)OC(=O)/C=C/C(=O)c1ccc(Cl)cc1. The molecule has 0 heterocycles. The fraction of sp³-hybridized carbons (Fsp3) is 0.231. The zero-order chi connectivity index (χ0) is 12.8. The predicted molar refractivity (Wildman–Crippen MR) is 66.2 cm³/mol. The minimum absolute atomic E-state index is 0.196. The van der Waals surface area contributed by atoms with Gasteiger partial charge in [0.1, 0.15) is 0 Å². The molecule has 1 aromatic rings. The number of benzene rings is 1. The predicted octanol–water partition coefficient (Wildman–Crippen LogP) is 3.03. The van der Waals surface area contributed by atoms with E-state index >= 15 is 0 Å². The molecule has 3 nitrogen and oxygen atoms in total. The van der Waals surface area contributed by atoms with Crippen molar-refractivity contribution < 1.29 is 14.3 Å². The highest BCUT2D eigenvalue weighted by Gasteiger charge is 2.04. The van der Waals surface area contributed by atoms with Crippen LogP contribution in [0.25, 0.3) is 0 Å². The topological polar surface area (TPSA) is 43.4 Å².